The number of phenolic OH excluding ortho intramolecular Hbond substituents is 1. The molecule has 0 bridgehead atoms. The van der Waals surface area contributed by atoms with Crippen molar-refractivity contribution in [2.24, 2.45) is 0 Å². The Hall–Kier alpha value is -1.50. The van der Waals surface area contributed by atoms with Gasteiger partial charge in [0, 0.05) is 5.56 Å². The highest BCUT2D eigenvalue weighted by Gasteiger charge is 2.20. The van der Waals surface area contributed by atoms with Crippen LogP contribution in [0.4, 0.5) is 0 Å². The summed E-state index contributed by atoms with van der Waals surface area (Å²) in [5.41, 5.74) is 0.992. The second-order valence-corrected chi connectivity index (χ2v) is 5.64. The fourth-order valence-corrected chi connectivity index (χ4v) is 2.05. The molecule has 18 heavy (non-hydrogen) atoms. The monoisotopic (exact) mass is 244 g/mol. The van der Waals surface area contributed by atoms with Gasteiger partial charge in [-0.2, -0.15) is 0 Å². The molecule has 0 aliphatic carbocycles. The fraction of sp³-hybridized carbons (Fsp3) is 0.412. The van der Waals surface area contributed by atoms with Crippen LogP contribution in [0.5, 0.6) is 5.75 Å². The van der Waals surface area contributed by atoms with E-state index in [2.05, 4.69) is 46.8 Å². The van der Waals surface area contributed by atoms with Crippen LogP contribution in [0.3, 0.4) is 0 Å². The molecule has 0 amide bonds. The molecule has 0 heterocycles. The van der Waals surface area contributed by atoms with Crippen molar-refractivity contribution in [3.63, 3.8) is 0 Å². The predicted molar refractivity (Wildman–Crippen MR) is 80.3 cm³/mol. The summed E-state index contributed by atoms with van der Waals surface area (Å²) in [6.45, 7) is 10.6. The SMILES string of the molecule is CC(C)(C)c1c(O)ccc2ccccc12.CCC. The molecule has 0 atom stereocenters. The number of phenols is 1. The first-order valence-corrected chi connectivity index (χ1v) is 6.63. The van der Waals surface area contributed by atoms with E-state index in [-0.39, 0.29) is 5.41 Å². The van der Waals surface area contributed by atoms with Gasteiger partial charge in [-0.05, 0) is 22.3 Å². The van der Waals surface area contributed by atoms with Gasteiger partial charge in [0.1, 0.15) is 5.75 Å². The Kier molecular flexibility index (Phi) is 4.77. The second kappa shape index (κ2) is 5.90. The molecular formula is C17H24O. The third-order valence-corrected chi connectivity index (χ3v) is 2.66. The molecule has 0 unspecified atom stereocenters. The Labute approximate surface area is 110 Å². The number of benzene rings is 2. The summed E-state index contributed by atoms with van der Waals surface area (Å²) in [6, 6.07) is 11.9. The van der Waals surface area contributed by atoms with Crippen LogP contribution >= 0.6 is 0 Å². The molecule has 1 N–H and O–H groups in total. The van der Waals surface area contributed by atoms with E-state index in [4.69, 9.17) is 0 Å². The minimum Gasteiger partial charge on any atom is -0.508 e. The molecule has 2 rings (SSSR count). The lowest BCUT2D eigenvalue weighted by atomic mass is 9.83. The average molecular weight is 244 g/mol. The van der Waals surface area contributed by atoms with Crippen molar-refractivity contribution in [1.29, 1.82) is 0 Å². The van der Waals surface area contributed by atoms with Crippen LogP contribution in [0.1, 0.15) is 46.6 Å². The van der Waals surface area contributed by atoms with Gasteiger partial charge in [-0.3, -0.25) is 0 Å². The number of fused-ring (bicyclic) bond motifs is 1. The first-order chi connectivity index (χ1) is 8.41. The predicted octanol–water partition coefficient (Wildman–Crippen LogP) is 5.26. The van der Waals surface area contributed by atoms with E-state index in [1.165, 1.54) is 11.8 Å². The lowest BCUT2D eigenvalue weighted by molar-refractivity contribution is 0.449. The van der Waals surface area contributed by atoms with E-state index >= 15 is 0 Å². The van der Waals surface area contributed by atoms with E-state index < -0.39 is 0 Å². The molecule has 0 saturated carbocycles. The Morgan fingerprint density at radius 3 is 2.06 bits per heavy atom. The molecule has 1 heteroatoms. The van der Waals surface area contributed by atoms with Gasteiger partial charge in [-0.1, -0.05) is 71.4 Å². The Balaban J connectivity index is 0.000000492. The third-order valence-electron chi connectivity index (χ3n) is 2.66. The Bertz CT molecular complexity index is 506. The summed E-state index contributed by atoms with van der Waals surface area (Å²) < 4.78 is 0. The molecule has 0 spiro atoms. The zero-order chi connectivity index (χ0) is 13.8. The molecule has 0 radical (unpaired) electrons. The smallest absolute Gasteiger partial charge is 0.119 e. The first-order valence-electron chi connectivity index (χ1n) is 6.63. The van der Waals surface area contributed by atoms with Gasteiger partial charge in [-0.25, -0.2) is 0 Å². The van der Waals surface area contributed by atoms with E-state index in [1.54, 1.807) is 6.07 Å². The lowest BCUT2D eigenvalue weighted by Gasteiger charge is -2.22. The number of hydrogen-bond donors (Lipinski definition) is 1. The van der Waals surface area contributed by atoms with Crippen LogP contribution in [0.2, 0.25) is 0 Å². The quantitative estimate of drug-likeness (QED) is 0.670. The Morgan fingerprint density at radius 2 is 1.50 bits per heavy atom. The van der Waals surface area contributed by atoms with Crippen molar-refractivity contribution in [2.45, 2.75) is 46.5 Å². The maximum Gasteiger partial charge on any atom is 0.119 e. The van der Waals surface area contributed by atoms with Crippen molar-refractivity contribution in [2.75, 3.05) is 0 Å². The summed E-state index contributed by atoms with van der Waals surface area (Å²) >= 11 is 0. The minimum absolute atomic E-state index is 0.0368. The van der Waals surface area contributed by atoms with Crippen molar-refractivity contribution in [3.05, 3.63) is 42.0 Å². The van der Waals surface area contributed by atoms with Gasteiger partial charge < -0.3 is 5.11 Å². The largest absolute Gasteiger partial charge is 0.508 e. The zero-order valence-electron chi connectivity index (χ0n) is 12.1. The number of hydrogen-bond acceptors (Lipinski definition) is 1. The lowest BCUT2D eigenvalue weighted by Crippen LogP contribution is -2.11. The van der Waals surface area contributed by atoms with E-state index in [0.717, 1.165) is 10.9 Å². The molecule has 98 valence electrons. The van der Waals surface area contributed by atoms with Gasteiger partial charge in [-0.15, -0.1) is 0 Å². The van der Waals surface area contributed by atoms with Gasteiger partial charge in [0.15, 0.2) is 0 Å². The molecule has 0 aromatic heterocycles. The first kappa shape index (κ1) is 14.6. The van der Waals surface area contributed by atoms with Crippen LogP contribution in [-0.4, -0.2) is 5.11 Å². The Morgan fingerprint density at radius 1 is 0.944 bits per heavy atom. The maximum atomic E-state index is 9.94. The second-order valence-electron chi connectivity index (χ2n) is 5.64. The molecule has 2 aromatic carbocycles. The molecule has 2 aromatic rings. The normalized spacial score (nSPS) is 10.9. The average Bonchev–Trinajstić information content (AvgIpc) is 2.28. The van der Waals surface area contributed by atoms with Crippen LogP contribution in [0, 0.1) is 0 Å². The van der Waals surface area contributed by atoms with Gasteiger partial charge in [0.2, 0.25) is 0 Å². The summed E-state index contributed by atoms with van der Waals surface area (Å²) in [7, 11) is 0. The van der Waals surface area contributed by atoms with E-state index in [9.17, 15) is 5.11 Å². The van der Waals surface area contributed by atoms with Crippen LogP contribution in [-0.2, 0) is 5.41 Å². The highest BCUT2D eigenvalue weighted by molar-refractivity contribution is 5.88. The van der Waals surface area contributed by atoms with Gasteiger partial charge in [0.25, 0.3) is 0 Å². The summed E-state index contributed by atoms with van der Waals surface area (Å²) in [5.74, 6) is 0.390. The van der Waals surface area contributed by atoms with Crippen molar-refractivity contribution in [1.82, 2.24) is 0 Å². The van der Waals surface area contributed by atoms with Crippen LogP contribution in [0.15, 0.2) is 36.4 Å². The molecule has 0 saturated heterocycles. The highest BCUT2D eigenvalue weighted by atomic mass is 16.3. The molecule has 1 nitrogen and oxygen atoms in total. The fourth-order valence-electron chi connectivity index (χ4n) is 2.05. The van der Waals surface area contributed by atoms with Gasteiger partial charge in [0.05, 0.1) is 0 Å². The molecule has 0 aliphatic heterocycles. The van der Waals surface area contributed by atoms with Gasteiger partial charge >= 0.3 is 0 Å². The van der Waals surface area contributed by atoms with E-state index in [1.807, 2.05) is 18.2 Å². The summed E-state index contributed by atoms with van der Waals surface area (Å²) in [4.78, 5) is 0. The van der Waals surface area contributed by atoms with Crippen LogP contribution < -0.4 is 0 Å². The maximum absolute atomic E-state index is 9.94. The molecule has 0 fully saturated rings. The number of rotatable bonds is 0. The standard InChI is InChI=1S/C14H16O.C3H8/c1-14(2,3)13-11-7-5-4-6-10(11)8-9-12(13)15;1-3-2/h4-9,15H,1-3H3;3H2,1-2H3. The third kappa shape index (κ3) is 3.25. The summed E-state index contributed by atoms with van der Waals surface area (Å²) in [6.07, 6.45) is 1.25. The summed E-state index contributed by atoms with van der Waals surface area (Å²) in [5, 5.41) is 12.3. The molecular weight excluding hydrogens is 220 g/mol. The van der Waals surface area contributed by atoms with Crippen LogP contribution in [0.25, 0.3) is 10.8 Å². The van der Waals surface area contributed by atoms with Crippen molar-refractivity contribution < 1.29 is 5.11 Å². The molecule has 0 aliphatic rings. The minimum atomic E-state index is -0.0368. The topological polar surface area (TPSA) is 20.2 Å². The highest BCUT2D eigenvalue weighted by Crippen LogP contribution is 2.36. The van der Waals surface area contributed by atoms with Crippen molar-refractivity contribution >= 4 is 10.8 Å². The number of aromatic hydroxyl groups is 1. The van der Waals surface area contributed by atoms with E-state index in [0.29, 0.717) is 5.75 Å². The zero-order valence-corrected chi connectivity index (χ0v) is 12.1. The van der Waals surface area contributed by atoms with Crippen molar-refractivity contribution in [3.8, 4) is 5.75 Å².